The summed E-state index contributed by atoms with van der Waals surface area (Å²) in [5, 5.41) is 6.25. The topological polar surface area (TPSA) is 9.86 Å². The number of nitrogens with zero attached hydrogens (tertiary/aromatic N) is 2. The van der Waals surface area contributed by atoms with Crippen molar-refractivity contribution in [1.82, 2.24) is 9.13 Å². The molecule has 0 spiro atoms. The Hall–Kier alpha value is -6.64. The zero-order valence-electron chi connectivity index (χ0n) is 27.4. The molecule has 0 fully saturated rings. The quantitative estimate of drug-likeness (QED) is 0.178. The lowest BCUT2D eigenvalue weighted by molar-refractivity contribution is 1.13. The van der Waals surface area contributed by atoms with Crippen LogP contribution in [0.2, 0.25) is 0 Å². The number of hydrogen-bond acceptors (Lipinski definition) is 0. The van der Waals surface area contributed by atoms with E-state index in [-0.39, 0.29) is 0 Å². The Morgan fingerprint density at radius 2 is 0.820 bits per heavy atom. The Morgan fingerprint density at radius 3 is 1.48 bits per heavy atom. The fraction of sp³-hybridized carbons (Fsp3) is 0. The molecule has 10 aromatic rings. The zero-order valence-corrected chi connectivity index (χ0v) is 27.4. The Labute approximate surface area is 290 Å². The molecule has 2 aromatic heterocycles. The molecule has 0 unspecified atom stereocenters. The predicted octanol–water partition coefficient (Wildman–Crippen LogP) is 12.9. The highest BCUT2D eigenvalue weighted by atomic mass is 15.0. The van der Waals surface area contributed by atoms with Gasteiger partial charge in [-0.2, -0.15) is 0 Å². The van der Waals surface area contributed by atoms with E-state index in [0.717, 1.165) is 5.69 Å². The second kappa shape index (κ2) is 11.5. The summed E-state index contributed by atoms with van der Waals surface area (Å²) in [6, 6.07) is 70.4. The number of hydrogen-bond donors (Lipinski definition) is 0. The van der Waals surface area contributed by atoms with Gasteiger partial charge in [-0.25, -0.2) is 0 Å². The number of rotatable bonds is 5. The molecule has 0 aliphatic rings. The average Bonchev–Trinajstić information content (AvgIpc) is 3.72. The summed E-state index contributed by atoms with van der Waals surface area (Å²) in [4.78, 5) is 0. The highest BCUT2D eigenvalue weighted by Crippen LogP contribution is 2.45. The Balaban J connectivity index is 1.26. The maximum absolute atomic E-state index is 2.43. The summed E-state index contributed by atoms with van der Waals surface area (Å²) >= 11 is 0. The van der Waals surface area contributed by atoms with E-state index in [9.17, 15) is 0 Å². The molecule has 50 heavy (non-hydrogen) atoms. The lowest BCUT2D eigenvalue weighted by Gasteiger charge is -2.13. The summed E-state index contributed by atoms with van der Waals surface area (Å²) < 4.78 is 4.86. The normalized spacial score (nSPS) is 11.6. The number of aromatic nitrogens is 2. The van der Waals surface area contributed by atoms with Crippen molar-refractivity contribution in [3.63, 3.8) is 0 Å². The fourth-order valence-corrected chi connectivity index (χ4v) is 7.89. The maximum atomic E-state index is 2.43. The summed E-state index contributed by atoms with van der Waals surface area (Å²) in [5.41, 5.74) is 13.2. The molecular weight excluding hydrogens is 605 g/mol. The number of para-hydroxylation sites is 2. The molecule has 0 N–H and O–H groups in total. The first-order valence-corrected chi connectivity index (χ1v) is 17.2. The van der Waals surface area contributed by atoms with Crippen molar-refractivity contribution in [2.24, 2.45) is 0 Å². The number of fused-ring (bicyclic) bond motifs is 6. The minimum atomic E-state index is 1.15. The van der Waals surface area contributed by atoms with Crippen LogP contribution >= 0.6 is 0 Å². The van der Waals surface area contributed by atoms with Gasteiger partial charge >= 0.3 is 0 Å². The fourth-order valence-electron chi connectivity index (χ4n) is 7.89. The van der Waals surface area contributed by atoms with Crippen LogP contribution in [0.5, 0.6) is 0 Å². The molecule has 10 rings (SSSR count). The highest BCUT2D eigenvalue weighted by molar-refractivity contribution is 6.19. The minimum absolute atomic E-state index is 1.15. The first-order chi connectivity index (χ1) is 24.8. The monoisotopic (exact) mass is 636 g/mol. The van der Waals surface area contributed by atoms with E-state index in [0.29, 0.717) is 0 Å². The summed E-state index contributed by atoms with van der Waals surface area (Å²) in [5.74, 6) is 0. The molecule has 2 heteroatoms. The van der Waals surface area contributed by atoms with Gasteiger partial charge in [0.15, 0.2) is 0 Å². The van der Waals surface area contributed by atoms with Gasteiger partial charge in [0.2, 0.25) is 0 Å². The van der Waals surface area contributed by atoms with Crippen LogP contribution in [0.25, 0.3) is 88.4 Å². The van der Waals surface area contributed by atoms with Gasteiger partial charge in [0.05, 0.1) is 22.2 Å². The molecular formula is C48H32N2. The molecule has 0 amide bonds. The standard InChI is InChI=1S/C48H32N2/c1-5-16-34(17-6-1)46-43-32-37(27-30-45(43)49(38-20-9-3-10-21-38)47(46)35-18-7-2-8-19-35)36-26-29-44-42(31-36)41-28-25-33-15-13-14-24-40(33)48(41)50(44)39-22-11-4-12-23-39/h1-32H. The summed E-state index contributed by atoms with van der Waals surface area (Å²) in [6.07, 6.45) is 0. The SMILES string of the molecule is c1ccc(-c2c(-c3ccccc3)n(-c3ccccc3)c3ccc(-c4ccc5c(c4)c4ccc6ccccc6c4n5-c4ccccc4)cc23)cc1. The van der Waals surface area contributed by atoms with Crippen molar-refractivity contribution < 1.29 is 0 Å². The lowest BCUT2D eigenvalue weighted by atomic mass is 9.95. The zero-order chi connectivity index (χ0) is 33.0. The maximum Gasteiger partial charge on any atom is 0.0619 e. The van der Waals surface area contributed by atoms with Gasteiger partial charge < -0.3 is 9.13 Å². The van der Waals surface area contributed by atoms with Gasteiger partial charge in [0, 0.05) is 38.5 Å². The highest BCUT2D eigenvalue weighted by Gasteiger charge is 2.22. The Morgan fingerprint density at radius 1 is 0.300 bits per heavy atom. The molecule has 0 aliphatic heterocycles. The van der Waals surface area contributed by atoms with Gasteiger partial charge in [0.1, 0.15) is 0 Å². The smallest absolute Gasteiger partial charge is 0.0619 e. The van der Waals surface area contributed by atoms with Gasteiger partial charge in [-0.1, -0.05) is 146 Å². The van der Waals surface area contributed by atoms with Crippen LogP contribution in [0.3, 0.4) is 0 Å². The average molecular weight is 637 g/mol. The van der Waals surface area contributed by atoms with E-state index in [4.69, 9.17) is 0 Å². The van der Waals surface area contributed by atoms with E-state index in [1.807, 2.05) is 0 Å². The van der Waals surface area contributed by atoms with Crippen LogP contribution in [-0.2, 0) is 0 Å². The third-order valence-electron chi connectivity index (χ3n) is 10.1. The van der Waals surface area contributed by atoms with Crippen LogP contribution < -0.4 is 0 Å². The van der Waals surface area contributed by atoms with Crippen molar-refractivity contribution >= 4 is 43.5 Å². The molecule has 0 saturated carbocycles. The molecule has 8 aromatic carbocycles. The lowest BCUT2D eigenvalue weighted by Crippen LogP contribution is -1.97. The van der Waals surface area contributed by atoms with Crippen LogP contribution in [-0.4, -0.2) is 9.13 Å². The van der Waals surface area contributed by atoms with Crippen LogP contribution in [0, 0.1) is 0 Å². The first kappa shape index (κ1) is 28.4. The molecule has 0 radical (unpaired) electrons. The first-order valence-electron chi connectivity index (χ1n) is 17.2. The third kappa shape index (κ3) is 4.43. The van der Waals surface area contributed by atoms with Gasteiger partial charge in [-0.05, 0) is 76.2 Å². The van der Waals surface area contributed by atoms with E-state index < -0.39 is 0 Å². The van der Waals surface area contributed by atoms with Gasteiger partial charge in [-0.15, -0.1) is 0 Å². The van der Waals surface area contributed by atoms with Gasteiger partial charge in [-0.3, -0.25) is 0 Å². The van der Waals surface area contributed by atoms with Crippen LogP contribution in [0.4, 0.5) is 0 Å². The predicted molar refractivity (Wildman–Crippen MR) is 211 cm³/mol. The van der Waals surface area contributed by atoms with Crippen LogP contribution in [0.15, 0.2) is 194 Å². The van der Waals surface area contributed by atoms with Crippen molar-refractivity contribution in [2.75, 3.05) is 0 Å². The second-order valence-corrected chi connectivity index (χ2v) is 12.9. The minimum Gasteiger partial charge on any atom is -0.309 e. The van der Waals surface area contributed by atoms with Crippen molar-refractivity contribution in [2.45, 2.75) is 0 Å². The largest absolute Gasteiger partial charge is 0.309 e. The summed E-state index contributed by atoms with van der Waals surface area (Å²) in [7, 11) is 0. The van der Waals surface area contributed by atoms with E-state index in [2.05, 4.69) is 203 Å². The molecule has 234 valence electrons. The van der Waals surface area contributed by atoms with Crippen LogP contribution in [0.1, 0.15) is 0 Å². The number of benzene rings is 8. The van der Waals surface area contributed by atoms with Crippen molar-refractivity contribution in [1.29, 1.82) is 0 Å². The van der Waals surface area contributed by atoms with E-state index in [1.165, 1.54) is 82.7 Å². The molecule has 0 aliphatic carbocycles. The molecule has 0 bridgehead atoms. The Bertz CT molecular complexity index is 2830. The van der Waals surface area contributed by atoms with Gasteiger partial charge in [0.25, 0.3) is 0 Å². The molecule has 0 saturated heterocycles. The Kier molecular flexibility index (Phi) is 6.53. The summed E-state index contributed by atoms with van der Waals surface area (Å²) in [6.45, 7) is 0. The second-order valence-electron chi connectivity index (χ2n) is 12.9. The van der Waals surface area contributed by atoms with E-state index >= 15 is 0 Å². The molecule has 2 heterocycles. The van der Waals surface area contributed by atoms with Crippen molar-refractivity contribution in [3.8, 4) is 44.9 Å². The molecule has 0 atom stereocenters. The van der Waals surface area contributed by atoms with Crippen molar-refractivity contribution in [3.05, 3.63) is 194 Å². The van der Waals surface area contributed by atoms with E-state index in [1.54, 1.807) is 0 Å². The third-order valence-corrected chi connectivity index (χ3v) is 10.1. The molecule has 2 nitrogen and oxygen atoms in total.